The fourth-order valence-electron chi connectivity index (χ4n) is 2.61. The molecule has 0 aliphatic carbocycles. The molecule has 0 aromatic carbocycles. The number of guanidine groups is 1. The number of rotatable bonds is 9. The summed E-state index contributed by atoms with van der Waals surface area (Å²) in [5, 5.41) is 3.42. The summed E-state index contributed by atoms with van der Waals surface area (Å²) >= 11 is 0. The minimum Gasteiger partial charge on any atom is -0.357 e. The molecule has 0 saturated carbocycles. The maximum atomic E-state index is 4.76. The van der Waals surface area contributed by atoms with Crippen molar-refractivity contribution < 1.29 is 0 Å². The van der Waals surface area contributed by atoms with Gasteiger partial charge in [0, 0.05) is 26.2 Å². The molecule has 1 aliphatic rings. The maximum absolute atomic E-state index is 4.76. The lowest BCUT2D eigenvalue weighted by Gasteiger charge is -2.20. The van der Waals surface area contributed by atoms with Crippen LogP contribution in [-0.2, 0) is 0 Å². The van der Waals surface area contributed by atoms with E-state index in [9.17, 15) is 0 Å². The average Bonchev–Trinajstić information content (AvgIpc) is 2.94. The Kier molecular flexibility index (Phi) is 9.46. The Hall–Kier alpha value is -0.770. The summed E-state index contributed by atoms with van der Waals surface area (Å²) in [6.45, 7) is 7.67. The minimum atomic E-state index is 0.972. The molecular weight excluding hydrogens is 248 g/mol. The van der Waals surface area contributed by atoms with Crippen LogP contribution >= 0.6 is 0 Å². The molecule has 1 N–H and O–H groups in total. The molecule has 0 amide bonds. The Morgan fingerprint density at radius 1 is 1.05 bits per heavy atom. The van der Waals surface area contributed by atoms with E-state index in [0.717, 1.165) is 19.0 Å². The van der Waals surface area contributed by atoms with Gasteiger partial charge in [-0.1, -0.05) is 19.3 Å². The van der Waals surface area contributed by atoms with Gasteiger partial charge in [0.15, 0.2) is 5.96 Å². The number of hydrogen-bond acceptors (Lipinski definition) is 2. The topological polar surface area (TPSA) is 30.9 Å². The molecule has 4 nitrogen and oxygen atoms in total. The van der Waals surface area contributed by atoms with E-state index in [2.05, 4.69) is 36.1 Å². The second-order valence-electron chi connectivity index (χ2n) is 6.00. The van der Waals surface area contributed by atoms with Gasteiger partial charge in [0.2, 0.25) is 0 Å². The molecule has 1 aliphatic heterocycles. The van der Waals surface area contributed by atoms with E-state index in [-0.39, 0.29) is 0 Å². The molecule has 0 atom stereocenters. The van der Waals surface area contributed by atoms with Crippen LogP contribution < -0.4 is 5.32 Å². The van der Waals surface area contributed by atoms with Crippen molar-refractivity contribution in [3.8, 4) is 0 Å². The standard InChI is InChI=1S/C16H34N4/c1-4-17-16(20-14-10-11-15-20)18-12-8-6-5-7-9-13-19(2)3/h4-15H2,1-3H3,(H,17,18). The third-order valence-electron chi connectivity index (χ3n) is 3.77. The first kappa shape index (κ1) is 17.3. The molecule has 0 radical (unpaired) electrons. The molecule has 0 aromatic rings. The van der Waals surface area contributed by atoms with Crippen molar-refractivity contribution in [3.63, 3.8) is 0 Å². The molecule has 1 fully saturated rings. The highest BCUT2D eigenvalue weighted by Crippen LogP contribution is 2.08. The van der Waals surface area contributed by atoms with Crippen molar-refractivity contribution in [2.75, 3.05) is 46.8 Å². The molecule has 1 saturated heterocycles. The van der Waals surface area contributed by atoms with Crippen LogP contribution in [0.3, 0.4) is 0 Å². The highest BCUT2D eigenvalue weighted by Gasteiger charge is 2.14. The number of nitrogens with zero attached hydrogens (tertiary/aromatic N) is 3. The monoisotopic (exact) mass is 282 g/mol. The number of nitrogens with one attached hydrogen (secondary N) is 1. The van der Waals surface area contributed by atoms with Crippen LogP contribution in [0.15, 0.2) is 4.99 Å². The Morgan fingerprint density at radius 2 is 1.70 bits per heavy atom. The van der Waals surface area contributed by atoms with Gasteiger partial charge >= 0.3 is 0 Å². The van der Waals surface area contributed by atoms with E-state index < -0.39 is 0 Å². The Labute approximate surface area is 125 Å². The first-order valence-electron chi connectivity index (χ1n) is 8.42. The van der Waals surface area contributed by atoms with Crippen molar-refractivity contribution in [2.24, 2.45) is 4.99 Å². The largest absolute Gasteiger partial charge is 0.357 e. The van der Waals surface area contributed by atoms with Crippen LogP contribution in [-0.4, -0.2) is 62.6 Å². The van der Waals surface area contributed by atoms with Gasteiger partial charge in [0.1, 0.15) is 0 Å². The van der Waals surface area contributed by atoms with E-state index in [1.165, 1.54) is 64.6 Å². The van der Waals surface area contributed by atoms with Crippen LogP contribution in [0.1, 0.15) is 51.9 Å². The first-order valence-corrected chi connectivity index (χ1v) is 8.42. The average molecular weight is 282 g/mol. The van der Waals surface area contributed by atoms with E-state index in [1.807, 2.05) is 0 Å². The zero-order chi connectivity index (χ0) is 14.6. The van der Waals surface area contributed by atoms with Gasteiger partial charge in [0.25, 0.3) is 0 Å². The number of aliphatic imine (C=N–C) groups is 1. The van der Waals surface area contributed by atoms with E-state index in [4.69, 9.17) is 4.99 Å². The van der Waals surface area contributed by atoms with Gasteiger partial charge in [-0.2, -0.15) is 0 Å². The summed E-state index contributed by atoms with van der Waals surface area (Å²) in [6, 6.07) is 0. The summed E-state index contributed by atoms with van der Waals surface area (Å²) in [5.74, 6) is 1.14. The zero-order valence-electron chi connectivity index (χ0n) is 13.8. The maximum Gasteiger partial charge on any atom is 0.193 e. The second kappa shape index (κ2) is 11.0. The lowest BCUT2D eigenvalue weighted by Crippen LogP contribution is -2.39. The highest BCUT2D eigenvalue weighted by atomic mass is 15.3. The lowest BCUT2D eigenvalue weighted by molar-refractivity contribution is 0.390. The van der Waals surface area contributed by atoms with Crippen LogP contribution in [0.25, 0.3) is 0 Å². The molecule has 0 aromatic heterocycles. The molecule has 1 rings (SSSR count). The van der Waals surface area contributed by atoms with Gasteiger partial charge in [-0.05, 0) is 53.2 Å². The first-order chi connectivity index (χ1) is 9.74. The fourth-order valence-corrected chi connectivity index (χ4v) is 2.61. The highest BCUT2D eigenvalue weighted by molar-refractivity contribution is 5.80. The van der Waals surface area contributed by atoms with Gasteiger partial charge in [0.05, 0.1) is 0 Å². The Balaban J connectivity index is 2.08. The van der Waals surface area contributed by atoms with Gasteiger partial charge in [-0.3, -0.25) is 4.99 Å². The Morgan fingerprint density at radius 3 is 2.35 bits per heavy atom. The molecule has 1 heterocycles. The molecule has 0 spiro atoms. The molecule has 118 valence electrons. The second-order valence-corrected chi connectivity index (χ2v) is 6.00. The molecule has 0 bridgehead atoms. The van der Waals surface area contributed by atoms with E-state index in [1.54, 1.807) is 0 Å². The van der Waals surface area contributed by atoms with Gasteiger partial charge < -0.3 is 15.1 Å². The molecular formula is C16H34N4. The quantitative estimate of drug-likeness (QED) is 0.400. The van der Waals surface area contributed by atoms with Gasteiger partial charge in [-0.15, -0.1) is 0 Å². The molecule has 20 heavy (non-hydrogen) atoms. The van der Waals surface area contributed by atoms with Crippen LogP contribution in [0.5, 0.6) is 0 Å². The number of likely N-dealkylation sites (tertiary alicyclic amines) is 1. The van der Waals surface area contributed by atoms with Crippen LogP contribution in [0.2, 0.25) is 0 Å². The van der Waals surface area contributed by atoms with Crippen LogP contribution in [0.4, 0.5) is 0 Å². The third kappa shape index (κ3) is 7.73. The SMILES string of the molecule is CCNC(=NCCCCCCCN(C)C)N1CCCC1. The molecule has 0 unspecified atom stereocenters. The smallest absolute Gasteiger partial charge is 0.193 e. The molecule has 4 heteroatoms. The van der Waals surface area contributed by atoms with Gasteiger partial charge in [-0.25, -0.2) is 0 Å². The van der Waals surface area contributed by atoms with Crippen molar-refractivity contribution in [2.45, 2.75) is 51.9 Å². The summed E-state index contributed by atoms with van der Waals surface area (Å²) in [5.41, 5.74) is 0. The fraction of sp³-hybridized carbons (Fsp3) is 0.938. The third-order valence-corrected chi connectivity index (χ3v) is 3.77. The zero-order valence-corrected chi connectivity index (χ0v) is 13.8. The summed E-state index contributed by atoms with van der Waals surface area (Å²) in [4.78, 5) is 9.43. The van der Waals surface area contributed by atoms with Crippen LogP contribution in [0, 0.1) is 0 Å². The number of unbranched alkanes of at least 4 members (excludes halogenated alkanes) is 4. The normalized spacial score (nSPS) is 16.2. The summed E-state index contributed by atoms with van der Waals surface area (Å²) in [7, 11) is 4.30. The van der Waals surface area contributed by atoms with E-state index in [0.29, 0.717) is 0 Å². The van der Waals surface area contributed by atoms with Crippen molar-refractivity contribution in [3.05, 3.63) is 0 Å². The predicted octanol–water partition coefficient (Wildman–Crippen LogP) is 2.56. The van der Waals surface area contributed by atoms with Crippen molar-refractivity contribution >= 4 is 5.96 Å². The lowest BCUT2D eigenvalue weighted by atomic mass is 10.1. The minimum absolute atomic E-state index is 0.972. The Bertz CT molecular complexity index is 257. The summed E-state index contributed by atoms with van der Waals surface area (Å²) < 4.78 is 0. The predicted molar refractivity (Wildman–Crippen MR) is 88.4 cm³/mol. The number of hydrogen-bond donors (Lipinski definition) is 1. The van der Waals surface area contributed by atoms with E-state index >= 15 is 0 Å². The van der Waals surface area contributed by atoms with Crippen molar-refractivity contribution in [1.82, 2.24) is 15.1 Å². The van der Waals surface area contributed by atoms with Crippen molar-refractivity contribution in [1.29, 1.82) is 0 Å². The summed E-state index contributed by atoms with van der Waals surface area (Å²) in [6.07, 6.45) is 9.21.